The van der Waals surface area contributed by atoms with Gasteiger partial charge in [-0.05, 0) is 12.1 Å². The molecule has 0 aliphatic heterocycles. The quantitative estimate of drug-likeness (QED) is 0.674. The fraction of sp³-hybridized carbons (Fsp3) is 0.0833. The van der Waals surface area contributed by atoms with E-state index in [1.54, 1.807) is 24.3 Å². The molecule has 0 bridgehead atoms. The summed E-state index contributed by atoms with van der Waals surface area (Å²) in [4.78, 5) is 22.4. The van der Waals surface area contributed by atoms with E-state index in [2.05, 4.69) is 10.4 Å². The SMILES string of the molecule is CNC(=O)c1cc2ccccc2o/c1=N/NC(N)=O. The van der Waals surface area contributed by atoms with E-state index >= 15 is 0 Å². The topological polar surface area (TPSA) is 110 Å². The highest BCUT2D eigenvalue weighted by Crippen LogP contribution is 2.12. The van der Waals surface area contributed by atoms with E-state index in [0.717, 1.165) is 5.39 Å². The van der Waals surface area contributed by atoms with Crippen LogP contribution in [0.5, 0.6) is 0 Å². The lowest BCUT2D eigenvalue weighted by atomic mass is 10.2. The van der Waals surface area contributed by atoms with Crippen LogP contribution >= 0.6 is 0 Å². The Bertz CT molecular complexity index is 705. The number of carbonyl (C=O) groups excluding carboxylic acids is 2. The van der Waals surface area contributed by atoms with E-state index in [4.69, 9.17) is 10.2 Å². The van der Waals surface area contributed by atoms with Gasteiger partial charge in [-0.1, -0.05) is 18.2 Å². The van der Waals surface area contributed by atoms with Crippen LogP contribution in [0.15, 0.2) is 39.9 Å². The number of carbonyl (C=O) groups is 2. The van der Waals surface area contributed by atoms with Gasteiger partial charge in [0, 0.05) is 12.4 Å². The molecule has 0 radical (unpaired) electrons. The molecular formula is C12H12N4O3. The number of benzene rings is 1. The van der Waals surface area contributed by atoms with Gasteiger partial charge in [-0.25, -0.2) is 10.2 Å². The zero-order valence-electron chi connectivity index (χ0n) is 10.1. The third-order valence-electron chi connectivity index (χ3n) is 2.40. The van der Waals surface area contributed by atoms with Crippen molar-refractivity contribution >= 4 is 22.9 Å². The second kappa shape index (κ2) is 5.21. The molecule has 2 rings (SSSR count). The van der Waals surface area contributed by atoms with Crippen molar-refractivity contribution < 1.29 is 14.0 Å². The van der Waals surface area contributed by atoms with Crippen LogP contribution in [0.2, 0.25) is 0 Å². The van der Waals surface area contributed by atoms with Gasteiger partial charge in [-0.3, -0.25) is 4.79 Å². The van der Waals surface area contributed by atoms with Gasteiger partial charge in [-0.2, -0.15) is 0 Å². The molecule has 2 aromatic rings. The monoisotopic (exact) mass is 260 g/mol. The summed E-state index contributed by atoms with van der Waals surface area (Å²) >= 11 is 0. The third-order valence-corrected chi connectivity index (χ3v) is 2.40. The van der Waals surface area contributed by atoms with E-state index in [9.17, 15) is 9.59 Å². The zero-order chi connectivity index (χ0) is 13.8. The molecule has 0 atom stereocenters. The first-order valence-electron chi connectivity index (χ1n) is 5.46. The third kappa shape index (κ3) is 2.71. The first kappa shape index (κ1) is 12.6. The minimum atomic E-state index is -0.841. The maximum atomic E-state index is 11.7. The number of primary amides is 1. The van der Waals surface area contributed by atoms with E-state index in [1.165, 1.54) is 7.05 Å². The first-order chi connectivity index (χ1) is 9.11. The van der Waals surface area contributed by atoms with Gasteiger partial charge in [0.25, 0.3) is 5.91 Å². The lowest BCUT2D eigenvalue weighted by Gasteiger charge is -2.03. The molecule has 0 fully saturated rings. The summed E-state index contributed by atoms with van der Waals surface area (Å²) < 4.78 is 5.47. The molecule has 3 amide bonds. The number of amides is 3. The molecule has 0 aliphatic rings. The van der Waals surface area contributed by atoms with E-state index in [1.807, 2.05) is 11.5 Å². The Morgan fingerprint density at radius 2 is 2.05 bits per heavy atom. The van der Waals surface area contributed by atoms with E-state index in [-0.39, 0.29) is 17.0 Å². The Kier molecular flexibility index (Phi) is 3.46. The molecule has 1 aromatic heterocycles. The largest absolute Gasteiger partial charge is 0.436 e. The van der Waals surface area contributed by atoms with Crippen molar-refractivity contribution in [1.82, 2.24) is 10.7 Å². The summed E-state index contributed by atoms with van der Waals surface area (Å²) in [5.41, 5.74) is 7.69. The van der Waals surface area contributed by atoms with Gasteiger partial charge < -0.3 is 15.5 Å². The fourth-order valence-electron chi connectivity index (χ4n) is 1.56. The van der Waals surface area contributed by atoms with Gasteiger partial charge in [0.1, 0.15) is 11.1 Å². The molecule has 0 saturated carbocycles. The Balaban J connectivity index is 2.67. The Hall–Kier alpha value is -2.83. The van der Waals surface area contributed by atoms with Gasteiger partial charge in [-0.15, -0.1) is 5.10 Å². The van der Waals surface area contributed by atoms with Crippen LogP contribution in [0.4, 0.5) is 4.79 Å². The highest BCUT2D eigenvalue weighted by atomic mass is 16.3. The Morgan fingerprint density at radius 3 is 2.74 bits per heavy atom. The number of rotatable bonds is 2. The number of nitrogens with zero attached hydrogens (tertiary/aromatic N) is 1. The van der Waals surface area contributed by atoms with E-state index in [0.29, 0.717) is 5.58 Å². The fourth-order valence-corrected chi connectivity index (χ4v) is 1.56. The van der Waals surface area contributed by atoms with Crippen LogP contribution in [0.25, 0.3) is 11.0 Å². The number of nitrogens with two attached hydrogens (primary N) is 1. The summed E-state index contributed by atoms with van der Waals surface area (Å²) in [5.74, 6) is -0.375. The number of hydrogen-bond acceptors (Lipinski definition) is 4. The highest BCUT2D eigenvalue weighted by Gasteiger charge is 2.10. The molecule has 0 saturated heterocycles. The molecule has 19 heavy (non-hydrogen) atoms. The molecule has 4 N–H and O–H groups in total. The first-order valence-corrected chi connectivity index (χ1v) is 5.46. The predicted molar refractivity (Wildman–Crippen MR) is 67.9 cm³/mol. The Morgan fingerprint density at radius 1 is 1.32 bits per heavy atom. The van der Waals surface area contributed by atoms with E-state index < -0.39 is 6.03 Å². The van der Waals surface area contributed by atoms with Crippen LogP contribution in [0.1, 0.15) is 10.4 Å². The molecule has 0 spiro atoms. The number of nitrogens with one attached hydrogen (secondary N) is 2. The minimum absolute atomic E-state index is 0.0168. The average molecular weight is 260 g/mol. The molecule has 1 aromatic carbocycles. The minimum Gasteiger partial charge on any atom is -0.436 e. The van der Waals surface area contributed by atoms with Crippen molar-refractivity contribution in [1.29, 1.82) is 0 Å². The van der Waals surface area contributed by atoms with Crippen molar-refractivity contribution in [3.8, 4) is 0 Å². The summed E-state index contributed by atoms with van der Waals surface area (Å²) in [7, 11) is 1.49. The number of para-hydroxylation sites is 1. The number of urea groups is 1. The number of fused-ring (bicyclic) bond motifs is 1. The summed E-state index contributed by atoms with van der Waals surface area (Å²) in [6.07, 6.45) is 0. The van der Waals surface area contributed by atoms with Crippen LogP contribution in [0.3, 0.4) is 0 Å². The molecule has 0 aliphatic carbocycles. The summed E-state index contributed by atoms with van der Waals surface area (Å²) in [6.45, 7) is 0. The maximum Gasteiger partial charge on any atom is 0.332 e. The molecule has 0 unspecified atom stereocenters. The normalized spacial score (nSPS) is 11.3. The molecule has 7 heteroatoms. The van der Waals surface area contributed by atoms with Crippen molar-refractivity contribution in [2.45, 2.75) is 0 Å². The summed E-state index contributed by atoms with van der Waals surface area (Å²) in [5, 5.41) is 6.89. The van der Waals surface area contributed by atoms with Crippen LogP contribution < -0.4 is 22.0 Å². The molecular weight excluding hydrogens is 248 g/mol. The average Bonchev–Trinajstić information content (AvgIpc) is 2.43. The summed E-state index contributed by atoms with van der Waals surface area (Å²) in [6, 6.07) is 7.93. The van der Waals surface area contributed by atoms with Gasteiger partial charge in [0.2, 0.25) is 5.55 Å². The second-order valence-corrected chi connectivity index (χ2v) is 3.67. The van der Waals surface area contributed by atoms with Gasteiger partial charge >= 0.3 is 6.03 Å². The van der Waals surface area contributed by atoms with Crippen molar-refractivity contribution in [2.75, 3.05) is 7.05 Å². The van der Waals surface area contributed by atoms with Crippen LogP contribution in [-0.4, -0.2) is 19.0 Å². The smallest absolute Gasteiger partial charge is 0.332 e. The zero-order valence-corrected chi connectivity index (χ0v) is 10.1. The van der Waals surface area contributed by atoms with Crippen molar-refractivity contribution in [3.63, 3.8) is 0 Å². The van der Waals surface area contributed by atoms with Crippen molar-refractivity contribution in [3.05, 3.63) is 41.4 Å². The lowest BCUT2D eigenvalue weighted by molar-refractivity contribution is 0.0958. The molecule has 7 nitrogen and oxygen atoms in total. The Labute approximate surface area is 108 Å². The maximum absolute atomic E-state index is 11.7. The highest BCUT2D eigenvalue weighted by molar-refractivity contribution is 5.96. The van der Waals surface area contributed by atoms with Gasteiger partial charge in [0.15, 0.2) is 0 Å². The van der Waals surface area contributed by atoms with Crippen LogP contribution in [0, 0.1) is 0 Å². The van der Waals surface area contributed by atoms with Crippen molar-refractivity contribution in [2.24, 2.45) is 10.8 Å². The van der Waals surface area contributed by atoms with Crippen LogP contribution in [-0.2, 0) is 0 Å². The standard InChI is InChI=1S/C12H12N4O3/c1-14-10(17)8-6-7-4-2-3-5-9(7)19-11(8)15-16-12(13)18/h2-6H,1H3,(H,14,17)(H3,13,16,18)/b15-11+. The lowest BCUT2D eigenvalue weighted by Crippen LogP contribution is -2.30. The number of hydrogen-bond donors (Lipinski definition) is 3. The molecule has 1 heterocycles. The van der Waals surface area contributed by atoms with Gasteiger partial charge in [0.05, 0.1) is 0 Å². The predicted octanol–water partition coefficient (Wildman–Crippen LogP) is 0.276. The second-order valence-electron chi connectivity index (χ2n) is 3.67. The molecule has 98 valence electrons.